The summed E-state index contributed by atoms with van der Waals surface area (Å²) in [7, 11) is -3.56. The SMILES string of the molecule is O=C(CN=C1NS(=O)(=O)c2ccccc21)NCCCN1CCNCC1. The van der Waals surface area contributed by atoms with E-state index in [0.29, 0.717) is 12.1 Å². The standard InChI is InChI=1S/C16H23N5O3S/c22-15(18-6-3-9-21-10-7-17-8-11-21)12-19-16-13-4-1-2-5-14(13)25(23,24)20-16/h1-2,4-5,17H,3,6-12H2,(H,18,22)(H,19,20). The van der Waals surface area contributed by atoms with E-state index < -0.39 is 10.0 Å². The zero-order valence-corrected chi connectivity index (χ0v) is 14.8. The molecule has 0 bridgehead atoms. The van der Waals surface area contributed by atoms with Crippen LogP contribution in [0.4, 0.5) is 0 Å². The minimum absolute atomic E-state index is 0.0974. The van der Waals surface area contributed by atoms with Gasteiger partial charge in [0, 0.05) is 38.3 Å². The Balaban J connectivity index is 1.45. The van der Waals surface area contributed by atoms with Crippen LogP contribution in [0.25, 0.3) is 0 Å². The molecular weight excluding hydrogens is 342 g/mol. The summed E-state index contributed by atoms with van der Waals surface area (Å²) in [6, 6.07) is 6.60. The lowest BCUT2D eigenvalue weighted by atomic mass is 10.2. The average molecular weight is 365 g/mol. The Hall–Kier alpha value is -1.97. The maximum Gasteiger partial charge on any atom is 0.263 e. The van der Waals surface area contributed by atoms with Crippen LogP contribution >= 0.6 is 0 Å². The third kappa shape index (κ3) is 4.56. The van der Waals surface area contributed by atoms with E-state index in [9.17, 15) is 13.2 Å². The number of carbonyl (C=O) groups is 1. The molecule has 0 atom stereocenters. The van der Waals surface area contributed by atoms with E-state index in [-0.39, 0.29) is 23.2 Å². The number of benzene rings is 1. The number of piperazine rings is 1. The molecule has 0 radical (unpaired) electrons. The molecule has 1 aromatic rings. The lowest BCUT2D eigenvalue weighted by Gasteiger charge is -2.27. The monoisotopic (exact) mass is 365 g/mol. The fourth-order valence-corrected chi connectivity index (χ4v) is 4.17. The molecule has 8 nitrogen and oxygen atoms in total. The first-order chi connectivity index (χ1) is 12.1. The van der Waals surface area contributed by atoms with Gasteiger partial charge in [-0.15, -0.1) is 0 Å². The maximum absolute atomic E-state index is 12.0. The van der Waals surface area contributed by atoms with Crippen LogP contribution in [0.1, 0.15) is 12.0 Å². The van der Waals surface area contributed by atoms with E-state index >= 15 is 0 Å². The zero-order chi connectivity index (χ0) is 17.7. The van der Waals surface area contributed by atoms with Crippen molar-refractivity contribution >= 4 is 21.8 Å². The molecule has 2 aliphatic heterocycles. The van der Waals surface area contributed by atoms with Crippen LogP contribution in [0.5, 0.6) is 0 Å². The van der Waals surface area contributed by atoms with Gasteiger partial charge in [-0.25, -0.2) is 8.42 Å². The minimum Gasteiger partial charge on any atom is -0.354 e. The first-order valence-corrected chi connectivity index (χ1v) is 9.91. The first-order valence-electron chi connectivity index (χ1n) is 8.43. The van der Waals surface area contributed by atoms with E-state index in [1.807, 2.05) is 0 Å². The Morgan fingerprint density at radius 1 is 1.24 bits per heavy atom. The molecule has 0 unspecified atom stereocenters. The molecule has 0 saturated carbocycles. The predicted molar refractivity (Wildman–Crippen MR) is 95.1 cm³/mol. The molecule has 0 aromatic heterocycles. The quantitative estimate of drug-likeness (QED) is 0.569. The van der Waals surface area contributed by atoms with Gasteiger partial charge in [-0.3, -0.25) is 14.5 Å². The van der Waals surface area contributed by atoms with Gasteiger partial charge >= 0.3 is 0 Å². The number of nitrogens with zero attached hydrogens (tertiary/aromatic N) is 2. The van der Waals surface area contributed by atoms with Crippen LogP contribution < -0.4 is 15.4 Å². The van der Waals surface area contributed by atoms with Gasteiger partial charge in [-0.2, -0.15) is 0 Å². The van der Waals surface area contributed by atoms with Gasteiger partial charge < -0.3 is 15.5 Å². The van der Waals surface area contributed by atoms with Crippen LogP contribution in [-0.4, -0.2) is 70.9 Å². The summed E-state index contributed by atoms with van der Waals surface area (Å²) < 4.78 is 26.3. The average Bonchev–Trinajstić information content (AvgIpc) is 2.89. The smallest absolute Gasteiger partial charge is 0.263 e. The van der Waals surface area contributed by atoms with Crippen molar-refractivity contribution in [3.63, 3.8) is 0 Å². The van der Waals surface area contributed by atoms with Crippen molar-refractivity contribution in [3.8, 4) is 0 Å². The fourth-order valence-electron chi connectivity index (χ4n) is 2.92. The topological polar surface area (TPSA) is 103 Å². The van der Waals surface area contributed by atoms with Crippen LogP contribution in [0, 0.1) is 0 Å². The van der Waals surface area contributed by atoms with Crippen molar-refractivity contribution in [1.29, 1.82) is 0 Å². The third-order valence-corrected chi connectivity index (χ3v) is 5.62. The predicted octanol–water partition coefficient (Wildman–Crippen LogP) is -0.863. The third-order valence-electron chi connectivity index (χ3n) is 4.23. The number of amidine groups is 1. The van der Waals surface area contributed by atoms with Gasteiger partial charge in [0.2, 0.25) is 5.91 Å². The van der Waals surface area contributed by atoms with E-state index in [0.717, 1.165) is 39.1 Å². The highest BCUT2D eigenvalue weighted by atomic mass is 32.2. The van der Waals surface area contributed by atoms with Gasteiger partial charge in [0.25, 0.3) is 10.0 Å². The largest absolute Gasteiger partial charge is 0.354 e. The Kier molecular flexibility index (Phi) is 5.67. The minimum atomic E-state index is -3.56. The number of sulfonamides is 1. The molecule has 136 valence electrons. The number of hydrogen-bond acceptors (Lipinski definition) is 6. The number of amides is 1. The number of aliphatic imine (C=N–C) groups is 1. The van der Waals surface area contributed by atoms with Crippen LogP contribution in [0.15, 0.2) is 34.2 Å². The second kappa shape index (κ2) is 7.94. The first kappa shape index (κ1) is 17.8. The summed E-state index contributed by atoms with van der Waals surface area (Å²) in [5.41, 5.74) is 0.508. The van der Waals surface area contributed by atoms with Crippen molar-refractivity contribution in [3.05, 3.63) is 29.8 Å². The summed E-state index contributed by atoms with van der Waals surface area (Å²) >= 11 is 0. The number of nitrogens with one attached hydrogen (secondary N) is 3. The molecule has 0 aliphatic carbocycles. The number of rotatable bonds is 6. The molecule has 2 heterocycles. The molecule has 1 amide bonds. The lowest BCUT2D eigenvalue weighted by molar-refractivity contribution is -0.119. The lowest BCUT2D eigenvalue weighted by Crippen LogP contribution is -2.44. The molecule has 3 rings (SSSR count). The highest BCUT2D eigenvalue weighted by Gasteiger charge is 2.30. The molecule has 1 saturated heterocycles. The van der Waals surface area contributed by atoms with Gasteiger partial charge in [-0.1, -0.05) is 12.1 Å². The van der Waals surface area contributed by atoms with Crippen LogP contribution in [-0.2, 0) is 14.8 Å². The summed E-state index contributed by atoms with van der Waals surface area (Å²) in [6.45, 7) is 5.57. The van der Waals surface area contributed by atoms with Gasteiger partial charge in [0.1, 0.15) is 12.4 Å². The summed E-state index contributed by atoms with van der Waals surface area (Å²) in [5.74, 6) is 0.0166. The highest BCUT2D eigenvalue weighted by molar-refractivity contribution is 7.90. The molecule has 1 fully saturated rings. The van der Waals surface area contributed by atoms with E-state index in [1.165, 1.54) is 6.07 Å². The number of carbonyl (C=O) groups excluding carboxylic acids is 1. The molecule has 3 N–H and O–H groups in total. The van der Waals surface area contributed by atoms with Crippen molar-refractivity contribution in [1.82, 2.24) is 20.3 Å². The van der Waals surface area contributed by atoms with E-state index in [2.05, 4.69) is 25.2 Å². The van der Waals surface area contributed by atoms with Crippen molar-refractivity contribution in [2.75, 3.05) is 45.8 Å². The summed E-state index contributed by atoms with van der Waals surface area (Å²) in [5, 5.41) is 6.13. The second-order valence-corrected chi connectivity index (χ2v) is 7.71. The van der Waals surface area contributed by atoms with E-state index in [4.69, 9.17) is 0 Å². The molecule has 25 heavy (non-hydrogen) atoms. The fraction of sp³-hybridized carbons (Fsp3) is 0.500. The van der Waals surface area contributed by atoms with Crippen LogP contribution in [0.3, 0.4) is 0 Å². The van der Waals surface area contributed by atoms with Gasteiger partial charge in [0.05, 0.1) is 4.90 Å². The Labute approximate surface area is 147 Å². The summed E-state index contributed by atoms with van der Waals surface area (Å²) in [4.78, 5) is 18.6. The second-order valence-electron chi connectivity index (χ2n) is 6.06. The molecule has 9 heteroatoms. The molecule has 0 spiro atoms. The number of fused-ring (bicyclic) bond motifs is 1. The molecule has 2 aliphatic rings. The highest BCUT2D eigenvalue weighted by Crippen LogP contribution is 2.21. The zero-order valence-electron chi connectivity index (χ0n) is 14.0. The van der Waals surface area contributed by atoms with Crippen LogP contribution in [0.2, 0.25) is 0 Å². The number of hydrogen-bond donors (Lipinski definition) is 3. The van der Waals surface area contributed by atoms with Gasteiger partial charge in [-0.05, 0) is 25.1 Å². The molecule has 1 aromatic carbocycles. The van der Waals surface area contributed by atoms with E-state index in [1.54, 1.807) is 18.2 Å². The molecular formula is C16H23N5O3S. The Morgan fingerprint density at radius 2 is 2.00 bits per heavy atom. The van der Waals surface area contributed by atoms with Gasteiger partial charge in [0.15, 0.2) is 0 Å². The Bertz CT molecular complexity index is 757. The van der Waals surface area contributed by atoms with Crippen molar-refractivity contribution < 1.29 is 13.2 Å². The summed E-state index contributed by atoms with van der Waals surface area (Å²) in [6.07, 6.45) is 0.887. The maximum atomic E-state index is 12.0. The Morgan fingerprint density at radius 3 is 2.80 bits per heavy atom. The van der Waals surface area contributed by atoms with Crippen molar-refractivity contribution in [2.24, 2.45) is 4.99 Å². The normalized spacial score (nSPS) is 20.9. The van der Waals surface area contributed by atoms with Crippen molar-refractivity contribution in [2.45, 2.75) is 11.3 Å².